The van der Waals surface area contributed by atoms with Crippen LogP contribution in [-0.4, -0.2) is 18.1 Å². The molecule has 0 saturated heterocycles. The van der Waals surface area contributed by atoms with E-state index < -0.39 is 5.97 Å². The van der Waals surface area contributed by atoms with E-state index in [1.807, 2.05) is 60.7 Å². The second kappa shape index (κ2) is 6.24. The minimum absolute atomic E-state index is 0.428. The van der Waals surface area contributed by atoms with Crippen LogP contribution < -0.4 is 0 Å². The fourth-order valence-corrected chi connectivity index (χ4v) is 2.85. The molecule has 4 nitrogen and oxygen atoms in total. The van der Waals surface area contributed by atoms with Gasteiger partial charge in [0.05, 0.1) is 12.6 Å². The maximum absolute atomic E-state index is 11.8. The van der Waals surface area contributed by atoms with Crippen molar-refractivity contribution in [2.24, 2.45) is 0 Å². The molecule has 122 valence electrons. The third-order valence-corrected chi connectivity index (χ3v) is 4.07. The van der Waals surface area contributed by atoms with Crippen LogP contribution >= 0.6 is 0 Å². The van der Waals surface area contributed by atoms with Crippen LogP contribution in [0.1, 0.15) is 11.3 Å². The average molecular weight is 329 g/mol. The molecule has 4 rings (SSSR count). The van der Waals surface area contributed by atoms with Gasteiger partial charge in [0.25, 0.3) is 0 Å². The first-order chi connectivity index (χ1) is 12.3. The first-order valence-corrected chi connectivity index (χ1v) is 7.89. The molecule has 0 unspecified atom stereocenters. The monoisotopic (exact) mass is 329 g/mol. The predicted octanol–water partition coefficient (Wildman–Crippen LogP) is 4.59. The quantitative estimate of drug-likeness (QED) is 0.407. The summed E-state index contributed by atoms with van der Waals surface area (Å²) in [5.41, 5.74) is 3.18. The number of para-hydroxylation sites is 1. The van der Waals surface area contributed by atoms with Crippen LogP contribution in [-0.2, 0) is 9.53 Å². The van der Waals surface area contributed by atoms with Crippen LogP contribution in [0.4, 0.5) is 0 Å². The molecule has 0 spiro atoms. The van der Waals surface area contributed by atoms with Crippen molar-refractivity contribution in [2.75, 3.05) is 7.11 Å². The van der Waals surface area contributed by atoms with Gasteiger partial charge in [-0.2, -0.15) is 0 Å². The van der Waals surface area contributed by atoms with Gasteiger partial charge in [0.15, 0.2) is 0 Å². The molecule has 2 aromatic carbocycles. The highest BCUT2D eigenvalue weighted by atomic mass is 16.5. The highest BCUT2D eigenvalue weighted by Crippen LogP contribution is 2.32. The third-order valence-electron chi connectivity index (χ3n) is 4.07. The van der Waals surface area contributed by atoms with Gasteiger partial charge in [0.2, 0.25) is 0 Å². The lowest BCUT2D eigenvalue weighted by molar-refractivity contribution is -0.134. The topological polar surface area (TPSA) is 52.3 Å². The van der Waals surface area contributed by atoms with E-state index in [1.165, 1.54) is 13.2 Å². The number of carbonyl (C=O) groups excluding carboxylic acids is 1. The van der Waals surface area contributed by atoms with Crippen LogP contribution in [0.25, 0.3) is 27.4 Å². The molecule has 0 aliphatic rings. The van der Waals surface area contributed by atoms with Crippen molar-refractivity contribution >= 4 is 33.4 Å². The van der Waals surface area contributed by atoms with Gasteiger partial charge in [-0.1, -0.05) is 42.5 Å². The van der Waals surface area contributed by atoms with Gasteiger partial charge < -0.3 is 9.15 Å². The molecule has 0 N–H and O–H groups in total. The number of pyridine rings is 1. The predicted molar refractivity (Wildman–Crippen MR) is 97.1 cm³/mol. The molecule has 0 radical (unpaired) electrons. The summed E-state index contributed by atoms with van der Waals surface area (Å²) in [7, 11) is 1.36. The smallest absolute Gasteiger partial charge is 0.331 e. The van der Waals surface area contributed by atoms with E-state index in [0.29, 0.717) is 11.3 Å². The zero-order valence-electron chi connectivity index (χ0n) is 13.6. The standard InChI is InChI=1S/C21H15NO3/c1-24-20(23)12-17(14-7-3-2-4-8-14)19-11-15-13-22-18-10-6-5-9-16(18)21(15)25-19/h2-13H,1H3/b17-12+. The molecular formula is C21H15NO3. The number of carbonyl (C=O) groups is 1. The van der Waals surface area contributed by atoms with E-state index in [4.69, 9.17) is 9.15 Å². The number of methoxy groups -OCH3 is 1. The zero-order chi connectivity index (χ0) is 17.2. The largest absolute Gasteiger partial charge is 0.466 e. The van der Waals surface area contributed by atoms with Crippen molar-refractivity contribution in [3.63, 3.8) is 0 Å². The van der Waals surface area contributed by atoms with Crippen LogP contribution in [0, 0.1) is 0 Å². The van der Waals surface area contributed by atoms with Crippen molar-refractivity contribution in [1.29, 1.82) is 0 Å². The van der Waals surface area contributed by atoms with E-state index in [2.05, 4.69) is 4.98 Å². The number of hydrogen-bond donors (Lipinski definition) is 0. The lowest BCUT2D eigenvalue weighted by Gasteiger charge is -2.04. The van der Waals surface area contributed by atoms with Crippen LogP contribution in [0.5, 0.6) is 0 Å². The summed E-state index contributed by atoms with van der Waals surface area (Å²) in [6.45, 7) is 0. The summed E-state index contributed by atoms with van der Waals surface area (Å²) < 4.78 is 10.9. The molecule has 0 aliphatic carbocycles. The Morgan fingerprint density at radius 3 is 2.64 bits per heavy atom. The van der Waals surface area contributed by atoms with Crippen LogP contribution in [0.15, 0.2) is 77.4 Å². The summed E-state index contributed by atoms with van der Waals surface area (Å²) in [5, 5.41) is 1.83. The zero-order valence-corrected chi connectivity index (χ0v) is 13.6. The Morgan fingerprint density at radius 1 is 1.08 bits per heavy atom. The molecule has 0 amide bonds. The first-order valence-electron chi connectivity index (χ1n) is 7.89. The van der Waals surface area contributed by atoms with Crippen molar-refractivity contribution in [3.8, 4) is 0 Å². The molecule has 25 heavy (non-hydrogen) atoms. The first kappa shape index (κ1) is 15.1. The van der Waals surface area contributed by atoms with Crippen molar-refractivity contribution in [1.82, 2.24) is 4.98 Å². The lowest BCUT2D eigenvalue weighted by atomic mass is 10.0. The van der Waals surface area contributed by atoms with Crippen molar-refractivity contribution < 1.29 is 13.9 Å². The van der Waals surface area contributed by atoms with E-state index in [1.54, 1.807) is 6.20 Å². The van der Waals surface area contributed by atoms with E-state index in [0.717, 1.165) is 27.4 Å². The number of rotatable bonds is 3. The number of furan rings is 1. The molecule has 0 aliphatic heterocycles. The van der Waals surface area contributed by atoms with E-state index in [9.17, 15) is 4.79 Å². The maximum atomic E-state index is 11.8. The Morgan fingerprint density at radius 2 is 1.84 bits per heavy atom. The Hall–Kier alpha value is -3.40. The maximum Gasteiger partial charge on any atom is 0.331 e. The summed E-state index contributed by atoms with van der Waals surface area (Å²) in [5.74, 6) is 0.173. The fraction of sp³-hybridized carbons (Fsp3) is 0.0476. The van der Waals surface area contributed by atoms with Gasteiger partial charge in [-0.3, -0.25) is 4.98 Å². The average Bonchev–Trinajstić information content (AvgIpc) is 3.11. The number of hydrogen-bond acceptors (Lipinski definition) is 4. The van der Waals surface area contributed by atoms with Crippen LogP contribution in [0.3, 0.4) is 0 Å². The van der Waals surface area contributed by atoms with Crippen molar-refractivity contribution in [3.05, 3.63) is 84.3 Å². The molecule has 0 bridgehead atoms. The number of nitrogens with zero attached hydrogens (tertiary/aromatic N) is 1. The molecule has 2 heterocycles. The Kier molecular flexibility index (Phi) is 3.78. The summed E-state index contributed by atoms with van der Waals surface area (Å²) in [6.07, 6.45) is 3.23. The lowest BCUT2D eigenvalue weighted by Crippen LogP contribution is -1.97. The minimum Gasteiger partial charge on any atom is -0.466 e. The van der Waals surface area contributed by atoms with Gasteiger partial charge >= 0.3 is 5.97 Å². The van der Waals surface area contributed by atoms with Gasteiger partial charge in [-0.25, -0.2) is 4.79 Å². The third kappa shape index (κ3) is 2.78. The summed E-state index contributed by atoms with van der Waals surface area (Å²) in [6, 6.07) is 19.3. The Labute approximate surface area is 144 Å². The van der Waals surface area contributed by atoms with Crippen LogP contribution in [0.2, 0.25) is 0 Å². The second-order valence-corrected chi connectivity index (χ2v) is 5.62. The van der Waals surface area contributed by atoms with Gasteiger partial charge in [0, 0.05) is 28.6 Å². The minimum atomic E-state index is -0.428. The Balaban J connectivity index is 1.94. The SMILES string of the molecule is COC(=O)/C=C(\c1ccccc1)c1cc2cnc3ccccc3c2o1. The molecule has 4 heteroatoms. The van der Waals surface area contributed by atoms with E-state index in [-0.39, 0.29) is 0 Å². The normalized spacial score (nSPS) is 11.8. The number of esters is 1. The number of fused-ring (bicyclic) bond motifs is 3. The van der Waals surface area contributed by atoms with Gasteiger partial charge in [-0.15, -0.1) is 0 Å². The Bertz CT molecular complexity index is 1090. The number of benzene rings is 2. The highest BCUT2D eigenvalue weighted by Gasteiger charge is 2.15. The molecule has 0 fully saturated rings. The molecule has 4 aromatic rings. The number of ether oxygens (including phenoxy) is 1. The molecule has 2 aromatic heterocycles. The fourth-order valence-electron chi connectivity index (χ4n) is 2.85. The van der Waals surface area contributed by atoms with Gasteiger partial charge in [-0.05, 0) is 23.8 Å². The summed E-state index contributed by atoms with van der Waals surface area (Å²) in [4.78, 5) is 16.3. The van der Waals surface area contributed by atoms with E-state index >= 15 is 0 Å². The summed E-state index contributed by atoms with van der Waals surface area (Å²) >= 11 is 0. The second-order valence-electron chi connectivity index (χ2n) is 5.62. The number of aromatic nitrogens is 1. The molecule has 0 saturated carbocycles. The van der Waals surface area contributed by atoms with Gasteiger partial charge in [0.1, 0.15) is 11.3 Å². The highest BCUT2D eigenvalue weighted by molar-refractivity contribution is 6.04. The molecule has 0 atom stereocenters. The van der Waals surface area contributed by atoms with Crippen molar-refractivity contribution in [2.45, 2.75) is 0 Å². The molecular weight excluding hydrogens is 314 g/mol.